The lowest BCUT2D eigenvalue weighted by Gasteiger charge is -2.13. The van der Waals surface area contributed by atoms with E-state index >= 15 is 0 Å². The zero-order valence-electron chi connectivity index (χ0n) is 19.3. The Morgan fingerprint density at radius 3 is 2.43 bits per heavy atom. The largest absolute Gasteiger partial charge is 0.416 e. The number of amides is 2. The van der Waals surface area contributed by atoms with Crippen molar-refractivity contribution in [3.05, 3.63) is 99.3 Å². The molecule has 37 heavy (non-hydrogen) atoms. The minimum absolute atomic E-state index is 0.0245. The van der Waals surface area contributed by atoms with Gasteiger partial charge in [-0.3, -0.25) is 4.57 Å². The molecule has 3 aromatic carbocycles. The second-order valence-electron chi connectivity index (χ2n) is 7.93. The van der Waals surface area contributed by atoms with Crippen molar-refractivity contribution >= 4 is 46.7 Å². The van der Waals surface area contributed by atoms with Crippen LogP contribution in [-0.2, 0) is 18.5 Å². The van der Waals surface area contributed by atoms with Crippen LogP contribution >= 0.6 is 35.0 Å². The summed E-state index contributed by atoms with van der Waals surface area (Å²) in [4.78, 5) is 12.4. The first kappa shape index (κ1) is 26.8. The molecule has 0 aliphatic rings. The van der Waals surface area contributed by atoms with E-state index in [2.05, 4.69) is 20.8 Å². The Hall–Kier alpha value is -3.21. The fourth-order valence-corrected chi connectivity index (χ4v) is 4.94. The summed E-state index contributed by atoms with van der Waals surface area (Å²) in [7, 11) is 0. The molecule has 4 aromatic rings. The van der Waals surface area contributed by atoms with Crippen molar-refractivity contribution in [2.45, 2.75) is 30.6 Å². The number of halogens is 5. The van der Waals surface area contributed by atoms with Crippen LogP contribution in [0.1, 0.15) is 22.5 Å². The molecule has 0 saturated carbocycles. The summed E-state index contributed by atoms with van der Waals surface area (Å²) in [6, 6.07) is 16.6. The third-order valence-electron chi connectivity index (χ3n) is 5.35. The standard InChI is InChI=1S/C25H20Cl2F3N5OS/c1-15-4-2-3-5-16(15)14-37-24-34-33-22(35(24)21-11-8-18(26)12-20(21)27)13-31-23(36)32-19-9-6-17(7-10-19)25(28,29)30/h2-12H,13-14H2,1H3,(H2,31,32,36). The van der Waals surface area contributed by atoms with Gasteiger partial charge in [0.25, 0.3) is 0 Å². The van der Waals surface area contributed by atoms with Crippen LogP contribution in [0.15, 0.2) is 71.9 Å². The lowest BCUT2D eigenvalue weighted by molar-refractivity contribution is -0.137. The van der Waals surface area contributed by atoms with Crippen LogP contribution in [0.2, 0.25) is 10.0 Å². The third-order valence-corrected chi connectivity index (χ3v) is 6.86. The highest BCUT2D eigenvalue weighted by Crippen LogP contribution is 2.32. The number of anilines is 1. The Morgan fingerprint density at radius 2 is 1.76 bits per heavy atom. The van der Waals surface area contributed by atoms with E-state index in [1.807, 2.05) is 31.2 Å². The molecule has 0 unspecified atom stereocenters. The van der Waals surface area contributed by atoms with E-state index in [-0.39, 0.29) is 12.2 Å². The van der Waals surface area contributed by atoms with Crippen LogP contribution in [0.4, 0.5) is 23.7 Å². The third kappa shape index (κ3) is 6.76. The Balaban J connectivity index is 1.52. The van der Waals surface area contributed by atoms with Crippen molar-refractivity contribution in [2.24, 2.45) is 0 Å². The minimum Gasteiger partial charge on any atom is -0.331 e. The second-order valence-corrected chi connectivity index (χ2v) is 9.71. The summed E-state index contributed by atoms with van der Waals surface area (Å²) >= 11 is 14.0. The number of hydrogen-bond acceptors (Lipinski definition) is 4. The van der Waals surface area contributed by atoms with Crippen molar-refractivity contribution in [1.29, 1.82) is 0 Å². The molecular formula is C25H20Cl2F3N5OS. The Bertz CT molecular complexity index is 1410. The molecule has 1 heterocycles. The van der Waals surface area contributed by atoms with Gasteiger partial charge in [0.15, 0.2) is 11.0 Å². The number of rotatable bonds is 7. The topological polar surface area (TPSA) is 71.8 Å². The van der Waals surface area contributed by atoms with E-state index in [1.165, 1.54) is 23.9 Å². The Kier molecular flexibility index (Phi) is 8.31. The number of carbonyl (C=O) groups is 1. The lowest BCUT2D eigenvalue weighted by Crippen LogP contribution is -2.29. The van der Waals surface area contributed by atoms with E-state index in [9.17, 15) is 18.0 Å². The molecule has 0 bridgehead atoms. The number of alkyl halides is 3. The van der Waals surface area contributed by atoms with Gasteiger partial charge in [0.2, 0.25) is 0 Å². The highest BCUT2D eigenvalue weighted by Gasteiger charge is 2.30. The van der Waals surface area contributed by atoms with E-state index in [1.54, 1.807) is 22.8 Å². The summed E-state index contributed by atoms with van der Waals surface area (Å²) in [6.45, 7) is 2.00. The maximum atomic E-state index is 12.8. The van der Waals surface area contributed by atoms with Gasteiger partial charge in [-0.1, -0.05) is 59.2 Å². The Labute approximate surface area is 225 Å². The van der Waals surface area contributed by atoms with Gasteiger partial charge in [0.05, 0.1) is 22.8 Å². The fourth-order valence-electron chi connectivity index (χ4n) is 3.40. The molecule has 0 fully saturated rings. The van der Waals surface area contributed by atoms with Crippen LogP contribution in [0.25, 0.3) is 5.69 Å². The molecule has 0 aliphatic carbocycles. The molecule has 1 aromatic heterocycles. The fraction of sp³-hybridized carbons (Fsp3) is 0.160. The van der Waals surface area contributed by atoms with Gasteiger partial charge >= 0.3 is 12.2 Å². The highest BCUT2D eigenvalue weighted by atomic mass is 35.5. The zero-order valence-corrected chi connectivity index (χ0v) is 21.6. The van der Waals surface area contributed by atoms with E-state index in [4.69, 9.17) is 23.2 Å². The molecule has 0 spiro atoms. The highest BCUT2D eigenvalue weighted by molar-refractivity contribution is 7.98. The predicted octanol–water partition coefficient (Wildman–Crippen LogP) is 7.52. The number of nitrogens with zero attached hydrogens (tertiary/aromatic N) is 3. The predicted molar refractivity (Wildman–Crippen MR) is 139 cm³/mol. The van der Waals surface area contributed by atoms with Crippen molar-refractivity contribution in [2.75, 3.05) is 5.32 Å². The monoisotopic (exact) mass is 565 g/mol. The van der Waals surface area contributed by atoms with Gasteiger partial charge in [0.1, 0.15) is 0 Å². The SMILES string of the molecule is Cc1ccccc1CSc1nnc(CNC(=O)Nc2ccc(C(F)(F)F)cc2)n1-c1ccc(Cl)cc1Cl. The molecule has 12 heteroatoms. The van der Waals surface area contributed by atoms with Gasteiger partial charge < -0.3 is 10.6 Å². The number of aryl methyl sites for hydroxylation is 1. The van der Waals surface area contributed by atoms with Crippen LogP contribution < -0.4 is 10.6 Å². The number of urea groups is 1. The Morgan fingerprint density at radius 1 is 1.03 bits per heavy atom. The van der Waals surface area contributed by atoms with Crippen molar-refractivity contribution in [1.82, 2.24) is 20.1 Å². The number of thioether (sulfide) groups is 1. The normalized spacial score (nSPS) is 11.4. The van der Waals surface area contributed by atoms with Crippen LogP contribution in [0.3, 0.4) is 0 Å². The molecule has 6 nitrogen and oxygen atoms in total. The van der Waals surface area contributed by atoms with Crippen LogP contribution in [-0.4, -0.2) is 20.8 Å². The summed E-state index contributed by atoms with van der Waals surface area (Å²) in [5.74, 6) is 1.04. The van der Waals surface area contributed by atoms with Crippen molar-refractivity contribution in [3.8, 4) is 5.69 Å². The van der Waals surface area contributed by atoms with Crippen LogP contribution in [0.5, 0.6) is 0 Å². The summed E-state index contributed by atoms with van der Waals surface area (Å²) < 4.78 is 40.0. The molecule has 2 N–H and O–H groups in total. The average Bonchev–Trinajstić information content (AvgIpc) is 3.24. The zero-order chi connectivity index (χ0) is 26.6. The summed E-state index contributed by atoms with van der Waals surface area (Å²) in [5.41, 5.74) is 2.28. The lowest BCUT2D eigenvalue weighted by atomic mass is 10.1. The molecule has 0 radical (unpaired) electrons. The van der Waals surface area contributed by atoms with Gasteiger partial charge in [-0.15, -0.1) is 10.2 Å². The summed E-state index contributed by atoms with van der Waals surface area (Å²) in [6.07, 6.45) is -4.46. The maximum Gasteiger partial charge on any atom is 0.416 e. The van der Waals surface area contributed by atoms with E-state index in [0.29, 0.717) is 32.5 Å². The first-order valence-corrected chi connectivity index (χ1v) is 12.6. The molecule has 192 valence electrons. The first-order valence-electron chi connectivity index (χ1n) is 10.9. The molecule has 0 aliphatic heterocycles. The van der Waals surface area contributed by atoms with Gasteiger partial charge in [-0.2, -0.15) is 13.2 Å². The molecule has 2 amide bonds. The quantitative estimate of drug-likeness (QED) is 0.227. The van der Waals surface area contributed by atoms with E-state index in [0.717, 1.165) is 23.3 Å². The molecule has 0 atom stereocenters. The number of benzene rings is 3. The minimum atomic E-state index is -4.46. The van der Waals surface area contributed by atoms with Crippen molar-refractivity contribution < 1.29 is 18.0 Å². The van der Waals surface area contributed by atoms with Crippen molar-refractivity contribution in [3.63, 3.8) is 0 Å². The average molecular weight is 566 g/mol. The first-order chi connectivity index (χ1) is 17.6. The van der Waals surface area contributed by atoms with Crippen LogP contribution in [0, 0.1) is 6.92 Å². The number of hydrogen-bond donors (Lipinski definition) is 2. The smallest absolute Gasteiger partial charge is 0.331 e. The number of nitrogens with one attached hydrogen (secondary N) is 2. The van der Waals surface area contributed by atoms with E-state index < -0.39 is 17.8 Å². The molecule has 4 rings (SSSR count). The number of carbonyl (C=O) groups excluding carboxylic acids is 1. The maximum absolute atomic E-state index is 12.8. The second kappa shape index (κ2) is 11.5. The molecular weight excluding hydrogens is 546 g/mol. The van der Waals surface area contributed by atoms with Gasteiger partial charge in [0, 0.05) is 16.5 Å². The van der Waals surface area contributed by atoms with Gasteiger partial charge in [-0.25, -0.2) is 4.79 Å². The molecule has 0 saturated heterocycles. The van der Waals surface area contributed by atoms with Gasteiger partial charge in [-0.05, 0) is 60.5 Å². The number of aromatic nitrogens is 3. The summed E-state index contributed by atoms with van der Waals surface area (Å²) in [5, 5.41) is 15.1.